The van der Waals surface area contributed by atoms with Crippen molar-refractivity contribution in [2.45, 2.75) is 53.2 Å². The largest absolute Gasteiger partial charge is 0.466 e. The minimum Gasteiger partial charge on any atom is -0.466 e. The number of benzene rings is 1. The van der Waals surface area contributed by atoms with Gasteiger partial charge in [-0.25, -0.2) is 0 Å². The third-order valence-corrected chi connectivity index (χ3v) is 2.87. The summed E-state index contributed by atoms with van der Waals surface area (Å²) >= 11 is 0. The molecule has 0 radical (unpaired) electrons. The van der Waals surface area contributed by atoms with E-state index in [0.717, 1.165) is 12.0 Å². The summed E-state index contributed by atoms with van der Waals surface area (Å²) in [6.07, 6.45) is 0.630. The van der Waals surface area contributed by atoms with Gasteiger partial charge in [0.25, 0.3) is 0 Å². The van der Waals surface area contributed by atoms with Gasteiger partial charge in [-0.2, -0.15) is 0 Å². The van der Waals surface area contributed by atoms with Gasteiger partial charge in [0.05, 0.1) is 13.0 Å². The van der Waals surface area contributed by atoms with Crippen LogP contribution in [-0.2, 0) is 25.7 Å². The molecule has 0 amide bonds. The van der Waals surface area contributed by atoms with E-state index >= 15 is 0 Å². The van der Waals surface area contributed by atoms with Crippen molar-refractivity contribution in [3.63, 3.8) is 0 Å². The first-order chi connectivity index (χ1) is 11.0. The van der Waals surface area contributed by atoms with E-state index in [0.29, 0.717) is 12.5 Å². The molecular weight excluding hydrogens is 294 g/mol. The number of carbonyl (C=O) groups excluding carboxylic acids is 2. The molecule has 1 rings (SSSR count). The van der Waals surface area contributed by atoms with Crippen LogP contribution < -0.4 is 5.73 Å². The Hall–Kier alpha value is -1.88. The molecule has 0 aliphatic rings. The standard InChI is InChI=1S/C16H23NO4.C2H6/c1-12(2)8-9-20-15(18)10-14(17)16(19)21-11-13-6-4-3-5-7-13;1-2/h3-7,12,14H,8-11,17H2,1-2H3;1-2H3. The average Bonchev–Trinajstić information content (AvgIpc) is 2.55. The van der Waals surface area contributed by atoms with E-state index in [1.54, 1.807) is 0 Å². The van der Waals surface area contributed by atoms with Gasteiger partial charge in [0.1, 0.15) is 12.6 Å². The fourth-order valence-electron chi connectivity index (χ4n) is 1.57. The molecule has 2 N–H and O–H groups in total. The van der Waals surface area contributed by atoms with E-state index in [9.17, 15) is 9.59 Å². The van der Waals surface area contributed by atoms with Gasteiger partial charge in [-0.1, -0.05) is 58.0 Å². The fourth-order valence-corrected chi connectivity index (χ4v) is 1.57. The van der Waals surface area contributed by atoms with E-state index in [-0.39, 0.29) is 13.0 Å². The second kappa shape index (κ2) is 12.6. The van der Waals surface area contributed by atoms with Crippen LogP contribution >= 0.6 is 0 Å². The van der Waals surface area contributed by atoms with Crippen LogP contribution in [0, 0.1) is 5.92 Å². The van der Waals surface area contributed by atoms with Crippen LogP contribution in [0.3, 0.4) is 0 Å². The van der Waals surface area contributed by atoms with E-state index in [1.165, 1.54) is 0 Å². The molecule has 0 spiro atoms. The molecule has 5 heteroatoms. The van der Waals surface area contributed by atoms with Crippen LogP contribution in [0.2, 0.25) is 0 Å². The number of nitrogens with two attached hydrogens (primary N) is 1. The predicted octanol–water partition coefficient (Wildman–Crippen LogP) is 3.06. The normalized spacial score (nSPS) is 11.2. The SMILES string of the molecule is CC.CC(C)CCOC(=O)CC(N)C(=O)OCc1ccccc1. The molecule has 1 atom stereocenters. The van der Waals surface area contributed by atoms with E-state index in [1.807, 2.05) is 58.0 Å². The monoisotopic (exact) mass is 323 g/mol. The Morgan fingerprint density at radius 2 is 1.70 bits per heavy atom. The van der Waals surface area contributed by atoms with Crippen LogP contribution in [0.5, 0.6) is 0 Å². The quantitative estimate of drug-likeness (QED) is 0.744. The van der Waals surface area contributed by atoms with Crippen molar-refractivity contribution in [1.82, 2.24) is 0 Å². The Morgan fingerprint density at radius 1 is 1.09 bits per heavy atom. The summed E-state index contributed by atoms with van der Waals surface area (Å²) in [5, 5.41) is 0. The lowest BCUT2D eigenvalue weighted by Gasteiger charge is -2.12. The van der Waals surface area contributed by atoms with Crippen LogP contribution in [0.15, 0.2) is 30.3 Å². The molecule has 1 aromatic rings. The molecule has 0 heterocycles. The maximum Gasteiger partial charge on any atom is 0.323 e. The van der Waals surface area contributed by atoms with Gasteiger partial charge < -0.3 is 15.2 Å². The molecule has 0 aliphatic heterocycles. The molecule has 1 unspecified atom stereocenters. The van der Waals surface area contributed by atoms with Gasteiger partial charge in [0.2, 0.25) is 0 Å². The molecule has 0 bridgehead atoms. The minimum absolute atomic E-state index is 0.149. The molecular formula is C18H29NO4. The summed E-state index contributed by atoms with van der Waals surface area (Å²) in [4.78, 5) is 23.2. The molecule has 1 aromatic carbocycles. The highest BCUT2D eigenvalue weighted by Gasteiger charge is 2.20. The molecule has 130 valence electrons. The van der Waals surface area contributed by atoms with Crippen molar-refractivity contribution >= 4 is 11.9 Å². The van der Waals surface area contributed by atoms with Gasteiger partial charge in [0, 0.05) is 0 Å². The summed E-state index contributed by atoms with van der Waals surface area (Å²) in [5.74, 6) is -0.609. The van der Waals surface area contributed by atoms with Crippen molar-refractivity contribution < 1.29 is 19.1 Å². The molecule has 0 fully saturated rings. The Morgan fingerprint density at radius 3 is 2.26 bits per heavy atom. The van der Waals surface area contributed by atoms with Crippen molar-refractivity contribution in [3.8, 4) is 0 Å². The van der Waals surface area contributed by atoms with E-state index in [4.69, 9.17) is 15.2 Å². The van der Waals surface area contributed by atoms with Gasteiger partial charge >= 0.3 is 11.9 Å². The average molecular weight is 323 g/mol. The molecule has 0 saturated heterocycles. The predicted molar refractivity (Wildman–Crippen MR) is 90.6 cm³/mol. The third-order valence-electron chi connectivity index (χ3n) is 2.87. The highest BCUT2D eigenvalue weighted by atomic mass is 16.5. The topological polar surface area (TPSA) is 78.6 Å². The van der Waals surface area contributed by atoms with Gasteiger partial charge in [-0.3, -0.25) is 9.59 Å². The van der Waals surface area contributed by atoms with Crippen LogP contribution in [0.1, 0.15) is 46.1 Å². The first-order valence-corrected chi connectivity index (χ1v) is 8.10. The van der Waals surface area contributed by atoms with Crippen molar-refractivity contribution in [2.75, 3.05) is 6.61 Å². The van der Waals surface area contributed by atoms with Crippen molar-refractivity contribution in [2.24, 2.45) is 11.7 Å². The number of ether oxygens (including phenoxy) is 2. The maximum atomic E-state index is 11.7. The molecule has 0 saturated carbocycles. The zero-order valence-corrected chi connectivity index (χ0v) is 14.6. The van der Waals surface area contributed by atoms with Gasteiger partial charge in [-0.05, 0) is 17.9 Å². The van der Waals surface area contributed by atoms with Crippen molar-refractivity contribution in [1.29, 1.82) is 0 Å². The zero-order chi connectivity index (χ0) is 17.7. The fraction of sp³-hybridized carbons (Fsp3) is 0.556. The number of hydrogen-bond donors (Lipinski definition) is 1. The zero-order valence-electron chi connectivity index (χ0n) is 14.6. The summed E-state index contributed by atoms with van der Waals surface area (Å²) < 4.78 is 10.1. The number of carbonyl (C=O) groups is 2. The maximum absolute atomic E-state index is 11.7. The van der Waals surface area contributed by atoms with Crippen LogP contribution in [-0.4, -0.2) is 24.6 Å². The Bertz CT molecular complexity index is 446. The number of hydrogen-bond acceptors (Lipinski definition) is 5. The number of esters is 2. The van der Waals surface area contributed by atoms with E-state index in [2.05, 4.69) is 0 Å². The smallest absolute Gasteiger partial charge is 0.323 e. The Balaban J connectivity index is 0.00000232. The second-order valence-corrected chi connectivity index (χ2v) is 5.31. The van der Waals surface area contributed by atoms with Crippen LogP contribution in [0.25, 0.3) is 0 Å². The van der Waals surface area contributed by atoms with E-state index < -0.39 is 18.0 Å². The first-order valence-electron chi connectivity index (χ1n) is 8.10. The minimum atomic E-state index is -0.986. The molecule has 0 aromatic heterocycles. The molecule has 23 heavy (non-hydrogen) atoms. The van der Waals surface area contributed by atoms with Crippen molar-refractivity contribution in [3.05, 3.63) is 35.9 Å². The highest BCUT2D eigenvalue weighted by Crippen LogP contribution is 2.04. The summed E-state index contributed by atoms with van der Waals surface area (Å²) in [5.41, 5.74) is 6.51. The lowest BCUT2D eigenvalue weighted by molar-refractivity contribution is -0.152. The summed E-state index contributed by atoms with van der Waals surface area (Å²) in [6.45, 7) is 8.58. The van der Waals surface area contributed by atoms with Crippen LogP contribution in [0.4, 0.5) is 0 Å². The third kappa shape index (κ3) is 10.5. The van der Waals surface area contributed by atoms with Gasteiger partial charge in [0.15, 0.2) is 0 Å². The Kier molecular flexibility index (Phi) is 11.6. The van der Waals surface area contributed by atoms with Gasteiger partial charge in [-0.15, -0.1) is 0 Å². The first kappa shape index (κ1) is 21.1. The highest BCUT2D eigenvalue weighted by molar-refractivity contribution is 5.82. The second-order valence-electron chi connectivity index (χ2n) is 5.31. The summed E-state index contributed by atoms with van der Waals surface area (Å²) in [6, 6.07) is 8.30. The molecule has 0 aliphatic carbocycles. The lowest BCUT2D eigenvalue weighted by Crippen LogP contribution is -2.35. The number of rotatable bonds is 8. The summed E-state index contributed by atoms with van der Waals surface area (Å²) in [7, 11) is 0. The molecule has 5 nitrogen and oxygen atoms in total. The lowest BCUT2D eigenvalue weighted by atomic mass is 10.1. The Labute approximate surface area is 139 Å².